The number of ether oxygens (including phenoxy) is 1. The quantitative estimate of drug-likeness (QED) is 0.842. The Bertz CT molecular complexity index is 461. The second-order valence-corrected chi connectivity index (χ2v) is 4.55. The molecule has 0 aromatic heterocycles. The molecule has 1 heterocycles. The third kappa shape index (κ3) is 3.42. The number of halogens is 1. The average molecular weight is 268 g/mol. The topological polar surface area (TPSA) is 61.8 Å². The van der Waals surface area contributed by atoms with Crippen molar-refractivity contribution in [1.29, 1.82) is 0 Å². The summed E-state index contributed by atoms with van der Waals surface area (Å²) >= 11 is 0. The summed E-state index contributed by atoms with van der Waals surface area (Å²) in [6, 6.07) is 3.51. The van der Waals surface area contributed by atoms with Crippen molar-refractivity contribution in [1.82, 2.24) is 10.2 Å². The highest BCUT2D eigenvalue weighted by Gasteiger charge is 2.21. The van der Waals surface area contributed by atoms with Crippen molar-refractivity contribution in [2.75, 3.05) is 33.3 Å². The number of aromatic hydroxyl groups is 1. The number of benzene rings is 1. The van der Waals surface area contributed by atoms with Crippen molar-refractivity contribution >= 4 is 5.91 Å². The first-order valence-corrected chi connectivity index (χ1v) is 6.14. The predicted octanol–water partition coefficient (Wildman–Crippen LogP) is 0.592. The average Bonchev–Trinajstić information content (AvgIpc) is 2.39. The maximum atomic E-state index is 13.6. The van der Waals surface area contributed by atoms with Crippen LogP contribution >= 0.6 is 0 Å². The molecule has 19 heavy (non-hydrogen) atoms. The monoisotopic (exact) mass is 268 g/mol. The van der Waals surface area contributed by atoms with Crippen LogP contribution in [0.2, 0.25) is 0 Å². The molecule has 0 radical (unpaired) electrons. The zero-order valence-corrected chi connectivity index (χ0v) is 10.7. The van der Waals surface area contributed by atoms with Gasteiger partial charge in [0.15, 0.2) is 0 Å². The molecule has 2 rings (SSSR count). The highest BCUT2D eigenvalue weighted by molar-refractivity contribution is 5.94. The van der Waals surface area contributed by atoms with Crippen molar-refractivity contribution in [3.63, 3.8) is 0 Å². The lowest BCUT2D eigenvalue weighted by molar-refractivity contribution is 0.0103. The molecule has 0 spiro atoms. The van der Waals surface area contributed by atoms with Crippen LogP contribution in [0.3, 0.4) is 0 Å². The van der Waals surface area contributed by atoms with E-state index in [0.29, 0.717) is 19.7 Å². The number of rotatable bonds is 3. The number of amides is 1. The molecule has 1 aliphatic heterocycles. The summed E-state index contributed by atoms with van der Waals surface area (Å²) in [5.41, 5.74) is -0.0518. The standard InChI is InChI=1S/C13H17FN2O3/c1-16(8-10-7-15-4-5-19-10)13(18)11-3-2-9(17)6-12(11)14/h2-3,6,10,15,17H,4-5,7-8H2,1H3. The summed E-state index contributed by atoms with van der Waals surface area (Å²) in [6.45, 7) is 2.49. The molecule has 1 unspecified atom stereocenters. The number of phenols is 1. The summed E-state index contributed by atoms with van der Waals surface area (Å²) in [5.74, 6) is -1.34. The first kappa shape index (κ1) is 13.8. The fourth-order valence-electron chi connectivity index (χ4n) is 2.01. The molecule has 1 aliphatic rings. The Morgan fingerprint density at radius 1 is 1.63 bits per heavy atom. The molecular weight excluding hydrogens is 251 g/mol. The Kier molecular flexibility index (Phi) is 4.34. The predicted molar refractivity (Wildman–Crippen MR) is 67.6 cm³/mol. The SMILES string of the molecule is CN(CC1CNCCO1)C(=O)c1ccc(O)cc1F. The molecule has 0 aliphatic carbocycles. The molecule has 1 fully saturated rings. The molecule has 5 nitrogen and oxygen atoms in total. The van der Waals surface area contributed by atoms with Gasteiger partial charge in [0.25, 0.3) is 5.91 Å². The minimum atomic E-state index is -0.723. The van der Waals surface area contributed by atoms with E-state index in [1.807, 2.05) is 0 Å². The highest BCUT2D eigenvalue weighted by atomic mass is 19.1. The van der Waals surface area contributed by atoms with Gasteiger partial charge in [-0.2, -0.15) is 0 Å². The number of nitrogens with one attached hydrogen (secondary N) is 1. The van der Waals surface area contributed by atoms with E-state index in [9.17, 15) is 9.18 Å². The molecule has 1 aromatic carbocycles. The largest absolute Gasteiger partial charge is 0.508 e. The molecule has 1 amide bonds. The Morgan fingerprint density at radius 3 is 3.05 bits per heavy atom. The van der Waals surface area contributed by atoms with Crippen LogP contribution in [-0.2, 0) is 4.74 Å². The Hall–Kier alpha value is -1.66. The molecule has 0 bridgehead atoms. The van der Waals surface area contributed by atoms with Crippen molar-refractivity contribution in [3.05, 3.63) is 29.6 Å². The minimum Gasteiger partial charge on any atom is -0.508 e. The van der Waals surface area contributed by atoms with Gasteiger partial charge in [-0.25, -0.2) is 4.39 Å². The summed E-state index contributed by atoms with van der Waals surface area (Å²) < 4.78 is 19.1. The van der Waals surface area contributed by atoms with Gasteiger partial charge in [0, 0.05) is 32.7 Å². The Balaban J connectivity index is 2.01. The third-order valence-electron chi connectivity index (χ3n) is 3.01. The second kappa shape index (κ2) is 5.99. The Morgan fingerprint density at radius 2 is 2.42 bits per heavy atom. The zero-order chi connectivity index (χ0) is 13.8. The first-order chi connectivity index (χ1) is 9.08. The molecule has 1 aromatic rings. The molecule has 1 atom stereocenters. The first-order valence-electron chi connectivity index (χ1n) is 6.14. The number of hydrogen-bond acceptors (Lipinski definition) is 4. The van der Waals surface area contributed by atoms with Crippen LogP contribution < -0.4 is 5.32 Å². The van der Waals surface area contributed by atoms with Crippen LogP contribution in [0.5, 0.6) is 5.75 Å². The van der Waals surface area contributed by atoms with Gasteiger partial charge in [-0.05, 0) is 12.1 Å². The van der Waals surface area contributed by atoms with Gasteiger partial charge in [-0.3, -0.25) is 4.79 Å². The van der Waals surface area contributed by atoms with E-state index in [4.69, 9.17) is 9.84 Å². The summed E-state index contributed by atoms with van der Waals surface area (Å²) in [5, 5.41) is 12.3. The summed E-state index contributed by atoms with van der Waals surface area (Å²) in [6.07, 6.45) is -0.0807. The lowest BCUT2D eigenvalue weighted by atomic mass is 10.1. The van der Waals surface area contributed by atoms with Crippen LogP contribution in [0.25, 0.3) is 0 Å². The number of hydrogen-bond donors (Lipinski definition) is 2. The number of carbonyl (C=O) groups is 1. The second-order valence-electron chi connectivity index (χ2n) is 4.55. The maximum Gasteiger partial charge on any atom is 0.256 e. The van der Waals surface area contributed by atoms with Crippen LogP contribution in [0, 0.1) is 5.82 Å². The van der Waals surface area contributed by atoms with E-state index < -0.39 is 11.7 Å². The number of morpholine rings is 1. The molecular formula is C13H17FN2O3. The summed E-state index contributed by atoms with van der Waals surface area (Å²) in [4.78, 5) is 13.5. The van der Waals surface area contributed by atoms with E-state index in [0.717, 1.165) is 12.6 Å². The minimum absolute atomic E-state index is 0.0518. The molecule has 0 saturated carbocycles. The van der Waals surface area contributed by atoms with E-state index in [2.05, 4.69) is 5.32 Å². The van der Waals surface area contributed by atoms with Gasteiger partial charge in [0.2, 0.25) is 0 Å². The number of nitrogens with zero attached hydrogens (tertiary/aromatic N) is 1. The van der Waals surface area contributed by atoms with Gasteiger partial charge in [-0.15, -0.1) is 0 Å². The van der Waals surface area contributed by atoms with E-state index in [-0.39, 0.29) is 17.4 Å². The van der Waals surface area contributed by atoms with Gasteiger partial charge in [0.05, 0.1) is 18.3 Å². The third-order valence-corrected chi connectivity index (χ3v) is 3.01. The molecule has 1 saturated heterocycles. The number of phenolic OH excluding ortho intramolecular Hbond substituents is 1. The van der Waals surface area contributed by atoms with E-state index in [1.54, 1.807) is 7.05 Å². The van der Waals surface area contributed by atoms with Crippen molar-refractivity contribution in [3.8, 4) is 5.75 Å². The van der Waals surface area contributed by atoms with Crippen LogP contribution in [0.4, 0.5) is 4.39 Å². The maximum absolute atomic E-state index is 13.6. The van der Waals surface area contributed by atoms with Crippen molar-refractivity contribution in [2.24, 2.45) is 0 Å². The van der Waals surface area contributed by atoms with Crippen LogP contribution in [-0.4, -0.2) is 55.3 Å². The fraction of sp³-hybridized carbons (Fsp3) is 0.462. The van der Waals surface area contributed by atoms with Gasteiger partial charge < -0.3 is 20.1 Å². The summed E-state index contributed by atoms with van der Waals surface area (Å²) in [7, 11) is 1.60. The van der Waals surface area contributed by atoms with Crippen molar-refractivity contribution < 1.29 is 19.0 Å². The van der Waals surface area contributed by atoms with Crippen LogP contribution in [0.15, 0.2) is 18.2 Å². The van der Waals surface area contributed by atoms with E-state index in [1.165, 1.54) is 17.0 Å². The van der Waals surface area contributed by atoms with Gasteiger partial charge in [0.1, 0.15) is 11.6 Å². The normalized spacial score (nSPS) is 19.2. The highest BCUT2D eigenvalue weighted by Crippen LogP contribution is 2.16. The Labute approximate surface area is 111 Å². The zero-order valence-electron chi connectivity index (χ0n) is 10.7. The molecule has 2 N–H and O–H groups in total. The van der Waals surface area contributed by atoms with Gasteiger partial charge >= 0.3 is 0 Å². The molecule has 104 valence electrons. The smallest absolute Gasteiger partial charge is 0.256 e. The lowest BCUT2D eigenvalue weighted by Crippen LogP contribution is -2.45. The number of carbonyl (C=O) groups excluding carboxylic acids is 1. The number of likely N-dealkylation sites (N-methyl/N-ethyl adjacent to an activating group) is 1. The molecule has 6 heteroatoms. The lowest BCUT2D eigenvalue weighted by Gasteiger charge is -2.28. The van der Waals surface area contributed by atoms with Gasteiger partial charge in [-0.1, -0.05) is 0 Å². The van der Waals surface area contributed by atoms with Crippen LogP contribution in [0.1, 0.15) is 10.4 Å². The van der Waals surface area contributed by atoms with Crippen molar-refractivity contribution in [2.45, 2.75) is 6.10 Å². The fourth-order valence-corrected chi connectivity index (χ4v) is 2.01. The van der Waals surface area contributed by atoms with E-state index >= 15 is 0 Å².